The van der Waals surface area contributed by atoms with Gasteiger partial charge in [-0.25, -0.2) is 0 Å². The van der Waals surface area contributed by atoms with Crippen LogP contribution in [0.15, 0.2) is 0 Å². The van der Waals surface area contributed by atoms with Crippen molar-refractivity contribution in [1.82, 2.24) is 0 Å². The summed E-state index contributed by atoms with van der Waals surface area (Å²) in [5.41, 5.74) is 0. The Hall–Kier alpha value is 1.35. The Morgan fingerprint density at radius 1 is 0.526 bits per heavy atom. The third-order valence-electron chi connectivity index (χ3n) is 6.25. The molecule has 4 aliphatic carbocycles. The summed E-state index contributed by atoms with van der Waals surface area (Å²) in [6.45, 7) is 0. The largest absolute Gasteiger partial charge is 2.00 e. The summed E-state index contributed by atoms with van der Waals surface area (Å²) in [5.74, 6) is 0.551. The average Bonchev–Trinajstić information content (AvgIpc) is 3.43. The molecule has 4 rings (SSSR count). The first kappa shape index (κ1) is 67.2. The molecule has 0 bridgehead atoms. The Balaban J connectivity index is -0.0000000323. The summed E-state index contributed by atoms with van der Waals surface area (Å²) in [5, 5.41) is 0. The molecule has 0 nitrogen and oxygen atoms in total. The van der Waals surface area contributed by atoms with Crippen LogP contribution in [-0.4, -0.2) is 14.5 Å². The van der Waals surface area contributed by atoms with Crippen LogP contribution in [0.3, 0.4) is 0 Å². The molecule has 0 radical (unpaired) electrons. The van der Waals surface area contributed by atoms with Crippen molar-refractivity contribution in [3.8, 4) is 0 Å². The van der Waals surface area contributed by atoms with Gasteiger partial charge in [0.2, 0.25) is 0 Å². The van der Waals surface area contributed by atoms with Crippen LogP contribution in [0.2, 0.25) is 12.6 Å². The molecule has 0 heterocycles. The van der Waals surface area contributed by atoms with Gasteiger partial charge in [-0.2, -0.15) is 12.3 Å². The molecule has 1 atom stereocenters. The number of halogens is 6. The monoisotopic (exact) mass is 636 g/mol. The van der Waals surface area contributed by atoms with Gasteiger partial charge in [-0.3, -0.25) is 17.3 Å². The topological polar surface area (TPSA) is 0 Å². The van der Waals surface area contributed by atoms with Gasteiger partial charge < -0.3 is 45.5 Å². The Bertz CT molecular complexity index is 300. The van der Waals surface area contributed by atoms with Crippen molar-refractivity contribution in [2.24, 2.45) is 11.8 Å². The second-order valence-corrected chi connectivity index (χ2v) is 8.87. The zero-order valence-corrected chi connectivity index (χ0v) is 26.5. The maximum absolute atomic E-state index is 11.7. The van der Waals surface area contributed by atoms with Gasteiger partial charge in [0.05, 0.1) is 0 Å². The normalized spacial score (nSPS) is 17.5. The van der Waals surface area contributed by atoms with E-state index in [9.17, 15) is 17.3 Å². The third kappa shape index (κ3) is 44.4. The summed E-state index contributed by atoms with van der Waals surface area (Å²) in [6, 6.07) is 0. The Kier molecular flexibility index (Phi) is 85.0. The van der Waals surface area contributed by atoms with Gasteiger partial charge >= 0.3 is 67.5 Å². The van der Waals surface area contributed by atoms with E-state index in [0.29, 0.717) is 5.92 Å². The Morgan fingerprint density at radius 3 is 1.08 bits per heavy atom. The molecule has 232 valence electrons. The van der Waals surface area contributed by atoms with Gasteiger partial charge in [0, 0.05) is 0 Å². The van der Waals surface area contributed by atoms with E-state index in [1.165, 1.54) is 64.2 Å². The van der Waals surface area contributed by atoms with Crippen LogP contribution in [0.25, 0.3) is 0 Å². The standard InChI is InChI=1S/C6H11BF2.C6H10BF2.2C5H10.CH4.4CH3.2FH.2Fe.Li/c2*8-7(9)5-6-3-1-2-4-6;2*1-2-4-5-3-1;;;;;;;;;;/h6H,1-5H2;3,6H,1-2,4-5H2;2*1-5H2;1H4;4*1H3;2*1H;;;/q;-1;;;;4*-1;;;2*+2;+1/p-2. The molecule has 0 aromatic carbocycles. The van der Waals surface area contributed by atoms with Crippen molar-refractivity contribution in [1.29, 1.82) is 0 Å². The number of hydrogen-bond acceptors (Lipinski definition) is 0. The second-order valence-electron chi connectivity index (χ2n) is 8.87. The fourth-order valence-electron chi connectivity index (χ4n) is 4.56. The summed E-state index contributed by atoms with van der Waals surface area (Å²) in [7, 11) is -4.18. The first-order valence-corrected chi connectivity index (χ1v) is 12.0. The van der Waals surface area contributed by atoms with Crippen molar-refractivity contribution in [3.05, 3.63) is 36.1 Å². The minimum Gasteiger partial charge on any atom is -1.00 e. The molecular formula is C27H57B2F6Fe2Li-2. The van der Waals surface area contributed by atoms with E-state index in [1.54, 1.807) is 0 Å². The van der Waals surface area contributed by atoms with Gasteiger partial charge in [0.1, 0.15) is 0 Å². The summed E-state index contributed by atoms with van der Waals surface area (Å²) in [4.78, 5) is 0. The van der Waals surface area contributed by atoms with E-state index in [1.807, 2.05) is 6.42 Å². The van der Waals surface area contributed by atoms with E-state index >= 15 is 0 Å². The number of hydrogen-bond donors (Lipinski definition) is 0. The van der Waals surface area contributed by atoms with Crippen LogP contribution in [0.1, 0.15) is 117 Å². The van der Waals surface area contributed by atoms with E-state index in [0.717, 1.165) is 44.9 Å². The van der Waals surface area contributed by atoms with Gasteiger partial charge in [-0.15, -0.1) is 0 Å². The van der Waals surface area contributed by atoms with Crippen LogP contribution >= 0.6 is 0 Å². The number of rotatable bonds is 4. The van der Waals surface area contributed by atoms with E-state index in [-0.39, 0.29) is 118 Å². The molecule has 0 aromatic rings. The van der Waals surface area contributed by atoms with Gasteiger partial charge in [0.15, 0.2) is 0 Å². The molecule has 0 N–H and O–H groups in total. The summed E-state index contributed by atoms with van der Waals surface area (Å²) < 4.78 is 46.7. The summed E-state index contributed by atoms with van der Waals surface area (Å²) >= 11 is 0. The van der Waals surface area contributed by atoms with Crippen LogP contribution in [0, 0.1) is 48.0 Å². The van der Waals surface area contributed by atoms with Crippen LogP contribution in [0.4, 0.5) is 17.3 Å². The van der Waals surface area contributed by atoms with E-state index in [2.05, 4.69) is 0 Å². The molecule has 0 aromatic heterocycles. The molecule has 0 aliphatic heterocycles. The minimum absolute atomic E-state index is 0. The molecule has 0 amide bonds. The maximum atomic E-state index is 11.7. The fourth-order valence-corrected chi connectivity index (χ4v) is 4.56. The van der Waals surface area contributed by atoms with E-state index < -0.39 is 14.5 Å². The Morgan fingerprint density at radius 2 is 0.842 bits per heavy atom. The molecule has 4 aliphatic rings. The smallest absolute Gasteiger partial charge is 1.00 e. The van der Waals surface area contributed by atoms with Gasteiger partial charge in [0.25, 0.3) is 0 Å². The molecule has 38 heavy (non-hydrogen) atoms. The SMILES string of the molecule is C.C1CCCC1.C1CCCC1.FB(F)CC1CCCC1.FB(F)CC1[CH-]CCC1.[CH3-].[CH3-].[CH3-].[CH3-].[F-].[F-].[Fe+2].[Fe+2].[Li+]. The third-order valence-corrected chi connectivity index (χ3v) is 6.25. The van der Waals surface area contributed by atoms with E-state index in [4.69, 9.17) is 0 Å². The van der Waals surface area contributed by atoms with Crippen molar-refractivity contribution < 1.29 is 79.7 Å². The van der Waals surface area contributed by atoms with Crippen LogP contribution in [-0.2, 0) is 34.1 Å². The predicted octanol–water partition coefficient (Wildman–Crippen LogP) is 2.37. The van der Waals surface area contributed by atoms with Crippen molar-refractivity contribution in [2.75, 3.05) is 0 Å². The zero-order valence-electron chi connectivity index (χ0n) is 24.3. The van der Waals surface area contributed by atoms with Gasteiger partial charge in [-0.05, 0) is 18.6 Å². The second kappa shape index (κ2) is 48.1. The van der Waals surface area contributed by atoms with Crippen molar-refractivity contribution in [3.63, 3.8) is 0 Å². The van der Waals surface area contributed by atoms with Gasteiger partial charge in [-0.1, -0.05) is 110 Å². The van der Waals surface area contributed by atoms with Crippen molar-refractivity contribution >= 4 is 14.5 Å². The molecule has 4 saturated carbocycles. The fraction of sp³-hybridized carbons (Fsp3) is 0.815. The van der Waals surface area contributed by atoms with Crippen LogP contribution < -0.4 is 28.3 Å². The quantitative estimate of drug-likeness (QED) is 0.253. The predicted molar refractivity (Wildman–Crippen MR) is 148 cm³/mol. The molecule has 4 fully saturated rings. The average molecular weight is 636 g/mol. The van der Waals surface area contributed by atoms with Crippen LogP contribution in [0.5, 0.6) is 0 Å². The minimum atomic E-state index is -2.11. The molecular weight excluding hydrogens is 579 g/mol. The Labute approximate surface area is 270 Å². The molecule has 0 spiro atoms. The first-order valence-electron chi connectivity index (χ1n) is 12.0. The molecule has 0 saturated heterocycles. The first-order chi connectivity index (χ1) is 13.6. The maximum Gasteiger partial charge on any atom is 2.00 e. The molecule has 11 heteroatoms. The summed E-state index contributed by atoms with van der Waals surface area (Å²) in [6.07, 6.45) is 24.8. The van der Waals surface area contributed by atoms with Crippen molar-refractivity contribution in [2.45, 2.75) is 129 Å². The molecule has 1 unspecified atom stereocenters. The zero-order chi connectivity index (χ0) is 20.5.